The minimum atomic E-state index is -0.878. The molecule has 4 heterocycles. The van der Waals surface area contributed by atoms with Gasteiger partial charge in [-0.25, -0.2) is 0 Å². The fourth-order valence-electron chi connectivity index (χ4n) is 3.96. The number of hydrogen-bond donors (Lipinski definition) is 3. The zero-order chi connectivity index (χ0) is 16.7. The van der Waals surface area contributed by atoms with Crippen molar-refractivity contribution in [2.75, 3.05) is 13.2 Å². The van der Waals surface area contributed by atoms with Gasteiger partial charge in [-0.2, -0.15) is 0 Å². The fraction of sp³-hybridized carbons (Fsp3) is 0.765. The third-order valence-electron chi connectivity index (χ3n) is 5.23. The van der Waals surface area contributed by atoms with Crippen LogP contribution in [0.15, 0.2) is 24.3 Å². The summed E-state index contributed by atoms with van der Waals surface area (Å²) in [5, 5.41) is 30.1. The first kappa shape index (κ1) is 16.7. The number of ether oxygens (including phenoxy) is 4. The van der Waals surface area contributed by atoms with E-state index in [1.165, 1.54) is 0 Å². The molecule has 2 fully saturated rings. The Morgan fingerprint density at radius 2 is 1.79 bits per heavy atom. The van der Waals surface area contributed by atoms with E-state index < -0.39 is 36.6 Å². The first-order chi connectivity index (χ1) is 11.7. The number of rotatable bonds is 1. The number of aliphatic hydroxyl groups excluding tert-OH is 3. The van der Waals surface area contributed by atoms with Gasteiger partial charge in [0.15, 0.2) is 0 Å². The van der Waals surface area contributed by atoms with Crippen LogP contribution < -0.4 is 0 Å². The minimum absolute atomic E-state index is 0.208. The van der Waals surface area contributed by atoms with Crippen molar-refractivity contribution in [1.82, 2.24) is 0 Å². The molecule has 0 bridgehead atoms. The van der Waals surface area contributed by atoms with Crippen LogP contribution in [0.1, 0.15) is 12.8 Å². The smallest absolute Gasteiger partial charge is 0.113 e. The van der Waals surface area contributed by atoms with E-state index in [-0.39, 0.29) is 24.9 Å². The average Bonchev–Trinajstić information content (AvgIpc) is 2.91. The van der Waals surface area contributed by atoms with Crippen molar-refractivity contribution < 1.29 is 34.3 Å². The van der Waals surface area contributed by atoms with Crippen LogP contribution >= 0.6 is 0 Å². The predicted octanol–water partition coefficient (Wildman–Crippen LogP) is -0.706. The van der Waals surface area contributed by atoms with Gasteiger partial charge in [-0.05, 0) is 6.42 Å². The molecule has 2 saturated heterocycles. The summed E-state index contributed by atoms with van der Waals surface area (Å²) in [5.74, 6) is 0. The molecule has 24 heavy (non-hydrogen) atoms. The lowest BCUT2D eigenvalue weighted by Crippen LogP contribution is -2.63. The Labute approximate surface area is 140 Å². The standard InChI is InChI=1S/C17H24O7/c18-8-14-9(19)4-5-10-12(23-14)7-13-17(24-10)15(20)16-11(22-13)3-1-2-6-21-16/h1-2,4-5,9-20H,3,6-8H2/t9-,10+,11?,12?,13?,14?,15+,16-,17+/m0/s1. The second-order valence-corrected chi connectivity index (χ2v) is 6.78. The summed E-state index contributed by atoms with van der Waals surface area (Å²) in [6.07, 6.45) is 4.01. The Bertz CT molecular complexity index is 507. The lowest BCUT2D eigenvalue weighted by molar-refractivity contribution is -0.286. The predicted molar refractivity (Wildman–Crippen MR) is 82.3 cm³/mol. The number of fused-ring (bicyclic) bond motifs is 3. The molecule has 7 nitrogen and oxygen atoms in total. The largest absolute Gasteiger partial charge is 0.394 e. The maximum Gasteiger partial charge on any atom is 0.113 e. The summed E-state index contributed by atoms with van der Waals surface area (Å²) < 4.78 is 23.7. The third kappa shape index (κ3) is 2.94. The molecule has 4 aliphatic rings. The van der Waals surface area contributed by atoms with E-state index in [0.29, 0.717) is 19.4 Å². The highest BCUT2D eigenvalue weighted by atomic mass is 16.6. The van der Waals surface area contributed by atoms with Crippen LogP contribution in [0.3, 0.4) is 0 Å². The molecule has 0 radical (unpaired) electrons. The second kappa shape index (κ2) is 6.84. The zero-order valence-electron chi connectivity index (χ0n) is 13.3. The van der Waals surface area contributed by atoms with E-state index in [2.05, 4.69) is 0 Å². The van der Waals surface area contributed by atoms with Gasteiger partial charge in [0.05, 0.1) is 31.5 Å². The maximum atomic E-state index is 10.7. The topological polar surface area (TPSA) is 97.6 Å². The molecule has 0 aliphatic carbocycles. The molecule has 0 aromatic heterocycles. The zero-order valence-corrected chi connectivity index (χ0v) is 13.3. The van der Waals surface area contributed by atoms with E-state index >= 15 is 0 Å². The van der Waals surface area contributed by atoms with E-state index in [4.69, 9.17) is 18.9 Å². The Kier molecular flexibility index (Phi) is 4.75. The molecule has 7 heteroatoms. The molecule has 0 aromatic carbocycles. The van der Waals surface area contributed by atoms with Gasteiger partial charge < -0.3 is 34.3 Å². The van der Waals surface area contributed by atoms with Crippen molar-refractivity contribution in [2.24, 2.45) is 0 Å². The Morgan fingerprint density at radius 1 is 0.917 bits per heavy atom. The van der Waals surface area contributed by atoms with Crippen LogP contribution in [-0.4, -0.2) is 83.5 Å². The van der Waals surface area contributed by atoms with Crippen LogP contribution in [0.25, 0.3) is 0 Å². The van der Waals surface area contributed by atoms with Crippen LogP contribution in [0.5, 0.6) is 0 Å². The van der Waals surface area contributed by atoms with Crippen molar-refractivity contribution in [2.45, 2.75) is 67.8 Å². The Balaban J connectivity index is 1.53. The van der Waals surface area contributed by atoms with Crippen LogP contribution in [0.4, 0.5) is 0 Å². The summed E-state index contributed by atoms with van der Waals surface area (Å²) in [7, 11) is 0. The number of aliphatic hydroxyl groups is 3. The van der Waals surface area contributed by atoms with Crippen molar-refractivity contribution >= 4 is 0 Å². The first-order valence-corrected chi connectivity index (χ1v) is 8.55. The molecule has 4 aliphatic heterocycles. The molecule has 4 rings (SSSR count). The highest BCUT2D eigenvalue weighted by Gasteiger charge is 2.52. The molecule has 4 unspecified atom stereocenters. The van der Waals surface area contributed by atoms with Gasteiger partial charge >= 0.3 is 0 Å². The SMILES string of the molecule is OCC1OC2CC3OC4CC=CCO[C@@H]4[C@@H](O)[C@@H]3O[C@@H]2C=C[C@@H]1O. The average molecular weight is 340 g/mol. The summed E-state index contributed by atoms with van der Waals surface area (Å²) in [5.41, 5.74) is 0. The van der Waals surface area contributed by atoms with Crippen LogP contribution in [0, 0.1) is 0 Å². The Hall–Kier alpha value is -0.800. The highest BCUT2D eigenvalue weighted by Crippen LogP contribution is 2.37. The molecular formula is C17H24O7. The molecule has 0 spiro atoms. The monoisotopic (exact) mass is 340 g/mol. The Morgan fingerprint density at radius 3 is 2.62 bits per heavy atom. The lowest BCUT2D eigenvalue weighted by Gasteiger charge is -2.49. The normalized spacial score (nSPS) is 51.0. The van der Waals surface area contributed by atoms with Gasteiger partial charge in [0.2, 0.25) is 0 Å². The summed E-state index contributed by atoms with van der Waals surface area (Å²) in [6, 6.07) is 0. The molecule has 134 valence electrons. The second-order valence-electron chi connectivity index (χ2n) is 6.78. The van der Waals surface area contributed by atoms with Gasteiger partial charge in [-0.15, -0.1) is 0 Å². The maximum absolute atomic E-state index is 10.7. The molecule has 0 aromatic rings. The van der Waals surface area contributed by atoms with Crippen molar-refractivity contribution in [1.29, 1.82) is 0 Å². The summed E-state index contributed by atoms with van der Waals surface area (Å²) in [6.45, 7) is 0.189. The van der Waals surface area contributed by atoms with Crippen molar-refractivity contribution in [3.8, 4) is 0 Å². The molecule has 3 N–H and O–H groups in total. The van der Waals surface area contributed by atoms with Gasteiger partial charge in [0, 0.05) is 6.42 Å². The highest BCUT2D eigenvalue weighted by molar-refractivity contribution is 5.09. The molecule has 0 saturated carbocycles. The van der Waals surface area contributed by atoms with Crippen molar-refractivity contribution in [3.05, 3.63) is 24.3 Å². The molecule has 0 amide bonds. The van der Waals surface area contributed by atoms with Gasteiger partial charge in [0.25, 0.3) is 0 Å². The summed E-state index contributed by atoms with van der Waals surface area (Å²) >= 11 is 0. The van der Waals surface area contributed by atoms with Crippen LogP contribution in [-0.2, 0) is 18.9 Å². The molecule has 9 atom stereocenters. The first-order valence-electron chi connectivity index (χ1n) is 8.55. The van der Waals surface area contributed by atoms with Gasteiger partial charge in [0.1, 0.15) is 36.6 Å². The fourth-order valence-corrected chi connectivity index (χ4v) is 3.96. The molecular weight excluding hydrogens is 316 g/mol. The lowest BCUT2D eigenvalue weighted by atomic mass is 9.87. The van der Waals surface area contributed by atoms with Crippen LogP contribution in [0.2, 0.25) is 0 Å². The van der Waals surface area contributed by atoms with Gasteiger partial charge in [-0.1, -0.05) is 24.3 Å². The number of hydrogen-bond acceptors (Lipinski definition) is 7. The summed E-state index contributed by atoms with van der Waals surface area (Å²) in [4.78, 5) is 0. The van der Waals surface area contributed by atoms with E-state index in [1.807, 2.05) is 12.2 Å². The quantitative estimate of drug-likeness (QED) is 0.543. The minimum Gasteiger partial charge on any atom is -0.394 e. The van der Waals surface area contributed by atoms with E-state index in [1.54, 1.807) is 12.2 Å². The van der Waals surface area contributed by atoms with E-state index in [9.17, 15) is 15.3 Å². The van der Waals surface area contributed by atoms with Gasteiger partial charge in [-0.3, -0.25) is 0 Å². The van der Waals surface area contributed by atoms with E-state index in [0.717, 1.165) is 0 Å². The van der Waals surface area contributed by atoms with Crippen molar-refractivity contribution in [3.63, 3.8) is 0 Å². The third-order valence-corrected chi connectivity index (χ3v) is 5.23.